The molecule has 0 saturated carbocycles. The van der Waals surface area contributed by atoms with Crippen molar-refractivity contribution in [2.75, 3.05) is 7.05 Å². The average Bonchev–Trinajstić information content (AvgIpc) is 2.21. The van der Waals surface area contributed by atoms with Crippen LogP contribution in [0.3, 0.4) is 0 Å². The second kappa shape index (κ2) is 4.30. The third-order valence-corrected chi connectivity index (χ3v) is 1.68. The van der Waals surface area contributed by atoms with Crippen molar-refractivity contribution < 1.29 is 9.90 Å². The van der Waals surface area contributed by atoms with Crippen LogP contribution in [0.5, 0.6) is 0 Å². The number of carbonyl (C=O) groups excluding carboxylic acids is 1. The molecule has 0 fully saturated rings. The van der Waals surface area contributed by atoms with Gasteiger partial charge in [-0.3, -0.25) is 4.79 Å². The number of Topliss-reactive ketones (excluding diaryl/α,β-unsaturated/α-hetero) is 1. The Morgan fingerprint density at radius 2 is 2.00 bits per heavy atom. The number of aliphatic hydroxyl groups excluding tert-OH is 1. The van der Waals surface area contributed by atoms with Crippen molar-refractivity contribution >= 4 is 5.78 Å². The number of nitrogens with one attached hydrogen (secondary N) is 1. The van der Waals surface area contributed by atoms with Crippen LogP contribution in [0.1, 0.15) is 10.4 Å². The third-order valence-electron chi connectivity index (χ3n) is 1.68. The fourth-order valence-corrected chi connectivity index (χ4v) is 0.982. The maximum Gasteiger partial charge on any atom is 0.211 e. The summed E-state index contributed by atoms with van der Waals surface area (Å²) in [6.07, 6.45) is 0.773. The average molecular weight is 177 g/mol. The fraction of sp³-hybridized carbons (Fsp3) is 0.100. The third kappa shape index (κ3) is 2.08. The predicted molar refractivity (Wildman–Crippen MR) is 50.5 cm³/mol. The molecule has 13 heavy (non-hydrogen) atoms. The zero-order valence-corrected chi connectivity index (χ0v) is 7.32. The number of rotatable bonds is 3. The molecule has 0 aliphatic carbocycles. The first kappa shape index (κ1) is 9.32. The summed E-state index contributed by atoms with van der Waals surface area (Å²) in [5.41, 5.74) is 0.739. The van der Waals surface area contributed by atoms with Crippen LogP contribution < -0.4 is 5.32 Å². The van der Waals surface area contributed by atoms with Gasteiger partial charge in [-0.05, 0) is 0 Å². The van der Waals surface area contributed by atoms with E-state index in [1.165, 1.54) is 0 Å². The van der Waals surface area contributed by atoms with Crippen molar-refractivity contribution in [2.45, 2.75) is 0 Å². The molecule has 0 unspecified atom stereocenters. The molecule has 0 aliphatic heterocycles. The lowest BCUT2D eigenvalue weighted by molar-refractivity contribution is 0.102. The van der Waals surface area contributed by atoms with Crippen LogP contribution in [0.25, 0.3) is 0 Å². The van der Waals surface area contributed by atoms with E-state index in [1.54, 1.807) is 31.3 Å². The molecule has 3 heteroatoms. The first-order valence-corrected chi connectivity index (χ1v) is 3.91. The minimum Gasteiger partial charge on any atom is -0.513 e. The highest BCUT2D eigenvalue weighted by atomic mass is 16.2. The Balaban J connectivity index is 2.92. The standard InChI is InChI=1S/C10H11NO2/c1-11-9(7-12)10(13)8-5-3-2-4-6-8/h2-7,11-12H,1H3. The summed E-state index contributed by atoms with van der Waals surface area (Å²) in [4.78, 5) is 11.5. The molecule has 0 bridgehead atoms. The van der Waals surface area contributed by atoms with E-state index in [0.717, 1.165) is 6.26 Å². The summed E-state index contributed by atoms with van der Waals surface area (Å²) in [7, 11) is 1.59. The van der Waals surface area contributed by atoms with E-state index in [4.69, 9.17) is 5.11 Å². The molecule has 0 radical (unpaired) electrons. The number of carbonyl (C=O) groups is 1. The van der Waals surface area contributed by atoms with Gasteiger partial charge in [0.2, 0.25) is 5.78 Å². The highest BCUT2D eigenvalue weighted by Crippen LogP contribution is 2.04. The molecule has 1 aromatic carbocycles. The molecule has 0 spiro atoms. The van der Waals surface area contributed by atoms with Crippen LogP contribution in [0, 0.1) is 0 Å². The number of ketones is 1. The van der Waals surface area contributed by atoms with Gasteiger partial charge in [-0.1, -0.05) is 30.3 Å². The molecule has 3 nitrogen and oxygen atoms in total. The van der Waals surface area contributed by atoms with E-state index in [2.05, 4.69) is 5.32 Å². The molecule has 0 amide bonds. The Bertz CT molecular complexity index is 317. The van der Waals surface area contributed by atoms with Crippen molar-refractivity contribution in [3.63, 3.8) is 0 Å². The number of hydrogen-bond acceptors (Lipinski definition) is 3. The lowest BCUT2D eigenvalue weighted by Gasteiger charge is -2.03. The Labute approximate surface area is 76.7 Å². The summed E-state index contributed by atoms with van der Waals surface area (Å²) < 4.78 is 0. The first-order chi connectivity index (χ1) is 6.29. The summed E-state index contributed by atoms with van der Waals surface area (Å²) in [5.74, 6) is -0.217. The van der Waals surface area contributed by atoms with Gasteiger partial charge in [0.1, 0.15) is 12.0 Å². The number of likely N-dealkylation sites (N-methyl/N-ethyl adjacent to an activating group) is 1. The number of hydrogen-bond donors (Lipinski definition) is 2. The Kier molecular flexibility index (Phi) is 3.09. The lowest BCUT2D eigenvalue weighted by atomic mass is 10.1. The SMILES string of the molecule is CNC(=CO)C(=O)c1ccccc1. The number of allylic oxidation sites excluding steroid dienone is 1. The molecule has 2 N–H and O–H groups in total. The number of benzene rings is 1. The minimum absolute atomic E-state index is 0.186. The van der Waals surface area contributed by atoms with Gasteiger partial charge in [0.05, 0.1) is 0 Å². The molecule has 0 heterocycles. The molecule has 1 aromatic rings. The highest BCUT2D eigenvalue weighted by molar-refractivity contribution is 6.07. The predicted octanol–water partition coefficient (Wildman–Crippen LogP) is 1.49. The quantitative estimate of drug-likeness (QED) is 0.418. The van der Waals surface area contributed by atoms with E-state index < -0.39 is 0 Å². The Morgan fingerprint density at radius 3 is 2.46 bits per heavy atom. The van der Waals surface area contributed by atoms with Gasteiger partial charge in [0, 0.05) is 12.6 Å². The molecule has 1 rings (SSSR count). The minimum atomic E-state index is -0.217. The van der Waals surface area contributed by atoms with Crippen LogP contribution >= 0.6 is 0 Å². The maximum absolute atomic E-state index is 11.5. The maximum atomic E-state index is 11.5. The van der Waals surface area contributed by atoms with E-state index in [-0.39, 0.29) is 11.5 Å². The molecule has 0 atom stereocenters. The van der Waals surface area contributed by atoms with Gasteiger partial charge in [0.25, 0.3) is 0 Å². The van der Waals surface area contributed by atoms with Crippen LogP contribution in [-0.4, -0.2) is 17.9 Å². The zero-order valence-electron chi connectivity index (χ0n) is 7.32. The van der Waals surface area contributed by atoms with Crippen molar-refractivity contribution in [1.29, 1.82) is 0 Å². The molecule has 0 saturated heterocycles. The van der Waals surface area contributed by atoms with E-state index in [9.17, 15) is 4.79 Å². The summed E-state index contributed by atoms with van der Waals surface area (Å²) in [6, 6.07) is 8.78. The van der Waals surface area contributed by atoms with Gasteiger partial charge in [-0.15, -0.1) is 0 Å². The van der Waals surface area contributed by atoms with Gasteiger partial charge < -0.3 is 10.4 Å². The topological polar surface area (TPSA) is 49.3 Å². The Morgan fingerprint density at radius 1 is 1.38 bits per heavy atom. The zero-order chi connectivity index (χ0) is 9.68. The van der Waals surface area contributed by atoms with Gasteiger partial charge in [0.15, 0.2) is 0 Å². The van der Waals surface area contributed by atoms with E-state index >= 15 is 0 Å². The van der Waals surface area contributed by atoms with Gasteiger partial charge >= 0.3 is 0 Å². The second-order valence-corrected chi connectivity index (χ2v) is 2.49. The van der Waals surface area contributed by atoms with Gasteiger partial charge in [-0.25, -0.2) is 0 Å². The van der Waals surface area contributed by atoms with Crippen LogP contribution in [-0.2, 0) is 0 Å². The van der Waals surface area contributed by atoms with Crippen molar-refractivity contribution in [3.05, 3.63) is 47.9 Å². The van der Waals surface area contributed by atoms with Gasteiger partial charge in [-0.2, -0.15) is 0 Å². The van der Waals surface area contributed by atoms with Crippen molar-refractivity contribution in [2.24, 2.45) is 0 Å². The van der Waals surface area contributed by atoms with E-state index in [0.29, 0.717) is 5.56 Å². The number of aliphatic hydroxyl groups is 1. The molecule has 68 valence electrons. The van der Waals surface area contributed by atoms with Crippen LogP contribution in [0.15, 0.2) is 42.3 Å². The second-order valence-electron chi connectivity index (χ2n) is 2.49. The lowest BCUT2D eigenvalue weighted by Crippen LogP contribution is -2.16. The summed E-state index contributed by atoms with van der Waals surface area (Å²) in [6.45, 7) is 0. The molecular formula is C10H11NO2. The van der Waals surface area contributed by atoms with Crippen LogP contribution in [0.4, 0.5) is 0 Å². The van der Waals surface area contributed by atoms with Crippen molar-refractivity contribution in [3.8, 4) is 0 Å². The summed E-state index contributed by atoms with van der Waals surface area (Å²) >= 11 is 0. The fourth-order valence-electron chi connectivity index (χ4n) is 0.982. The van der Waals surface area contributed by atoms with E-state index in [1.807, 2.05) is 6.07 Å². The Hall–Kier alpha value is -1.77. The molecule has 0 aliphatic rings. The molecule has 0 aromatic heterocycles. The highest BCUT2D eigenvalue weighted by Gasteiger charge is 2.09. The van der Waals surface area contributed by atoms with Crippen LogP contribution in [0.2, 0.25) is 0 Å². The smallest absolute Gasteiger partial charge is 0.211 e. The molecular weight excluding hydrogens is 166 g/mol. The van der Waals surface area contributed by atoms with Crippen molar-refractivity contribution in [1.82, 2.24) is 5.32 Å². The summed E-state index contributed by atoms with van der Waals surface area (Å²) in [5, 5.41) is 11.3. The first-order valence-electron chi connectivity index (χ1n) is 3.91. The largest absolute Gasteiger partial charge is 0.513 e. The normalized spacial score (nSPS) is 11.0. The monoisotopic (exact) mass is 177 g/mol.